The molecular weight excluding hydrogens is 319 g/mol. The quantitative estimate of drug-likeness (QED) is 0.789. The maximum Gasteiger partial charge on any atom is 0.126 e. The van der Waals surface area contributed by atoms with Crippen molar-refractivity contribution in [2.75, 3.05) is 0 Å². The molecule has 1 atom stereocenters. The van der Waals surface area contributed by atoms with Gasteiger partial charge in [0, 0.05) is 10.9 Å². The van der Waals surface area contributed by atoms with Gasteiger partial charge in [-0.3, -0.25) is 0 Å². The van der Waals surface area contributed by atoms with E-state index in [2.05, 4.69) is 22.9 Å². The molecule has 0 heterocycles. The Labute approximate surface area is 129 Å². The summed E-state index contributed by atoms with van der Waals surface area (Å²) in [5.41, 5.74) is 0.613. The van der Waals surface area contributed by atoms with Crippen molar-refractivity contribution in [3.05, 3.63) is 34.1 Å². The number of halogens is 2. The first-order valence-corrected chi connectivity index (χ1v) is 8.51. The zero-order valence-corrected chi connectivity index (χ0v) is 13.7. The lowest BCUT2D eigenvalue weighted by Gasteiger charge is -2.31. The van der Waals surface area contributed by atoms with Crippen molar-refractivity contribution >= 4 is 15.9 Å². The van der Waals surface area contributed by atoms with E-state index in [9.17, 15) is 9.50 Å². The standard InChI is InChI=1S/C17H24BrFO/c1-2-3-12-4-6-13(7-5-12)17(20)11-14-10-15(18)8-9-16(14)19/h8-10,12-13,17,20H,2-7,11H2,1H3. The molecule has 1 nitrogen and oxygen atoms in total. The molecule has 2 rings (SSSR count). The van der Waals surface area contributed by atoms with E-state index >= 15 is 0 Å². The number of rotatable bonds is 5. The number of aliphatic hydroxyl groups excluding tert-OH is 1. The van der Waals surface area contributed by atoms with Crippen LogP contribution in [0.15, 0.2) is 22.7 Å². The molecule has 0 saturated heterocycles. The van der Waals surface area contributed by atoms with Gasteiger partial charge in [-0.2, -0.15) is 0 Å². The molecule has 1 aliphatic carbocycles. The van der Waals surface area contributed by atoms with Gasteiger partial charge in [0.25, 0.3) is 0 Å². The molecule has 112 valence electrons. The molecule has 0 aromatic heterocycles. The molecule has 0 bridgehead atoms. The molecule has 1 unspecified atom stereocenters. The van der Waals surface area contributed by atoms with Crippen LogP contribution in [0.1, 0.15) is 51.0 Å². The number of benzene rings is 1. The highest BCUT2D eigenvalue weighted by atomic mass is 79.9. The van der Waals surface area contributed by atoms with Crippen LogP contribution in [0.3, 0.4) is 0 Å². The van der Waals surface area contributed by atoms with Crippen LogP contribution in [0.2, 0.25) is 0 Å². The highest BCUT2D eigenvalue weighted by molar-refractivity contribution is 9.10. The molecule has 1 saturated carbocycles. The first-order valence-electron chi connectivity index (χ1n) is 7.72. The summed E-state index contributed by atoms with van der Waals surface area (Å²) < 4.78 is 14.6. The summed E-state index contributed by atoms with van der Waals surface area (Å²) in [6, 6.07) is 4.94. The highest BCUT2D eigenvalue weighted by Crippen LogP contribution is 2.34. The van der Waals surface area contributed by atoms with Gasteiger partial charge in [-0.25, -0.2) is 4.39 Å². The predicted octanol–water partition coefficient (Wildman–Crippen LogP) is 5.10. The fraction of sp³-hybridized carbons (Fsp3) is 0.647. The minimum atomic E-state index is -0.415. The second-order valence-corrected chi connectivity index (χ2v) is 6.99. The van der Waals surface area contributed by atoms with Gasteiger partial charge in [0.05, 0.1) is 6.10 Å². The van der Waals surface area contributed by atoms with Crippen molar-refractivity contribution in [1.82, 2.24) is 0 Å². The number of hydrogen-bond acceptors (Lipinski definition) is 1. The number of hydrogen-bond donors (Lipinski definition) is 1. The molecule has 20 heavy (non-hydrogen) atoms. The normalized spacial score (nSPS) is 24.6. The molecule has 0 radical (unpaired) electrons. The first kappa shape index (κ1) is 16.0. The molecule has 0 aliphatic heterocycles. The van der Waals surface area contributed by atoms with E-state index in [0.717, 1.165) is 23.2 Å². The molecule has 1 aromatic rings. The van der Waals surface area contributed by atoms with Crippen LogP contribution in [0.25, 0.3) is 0 Å². The van der Waals surface area contributed by atoms with Gasteiger partial charge in [-0.05, 0) is 48.4 Å². The Kier molecular flexibility index (Phi) is 6.03. The predicted molar refractivity (Wildman–Crippen MR) is 84.2 cm³/mol. The maximum atomic E-state index is 13.7. The van der Waals surface area contributed by atoms with Gasteiger partial charge in [0.1, 0.15) is 5.82 Å². The van der Waals surface area contributed by atoms with Crippen LogP contribution < -0.4 is 0 Å². The largest absolute Gasteiger partial charge is 0.392 e. The maximum absolute atomic E-state index is 13.7. The van der Waals surface area contributed by atoms with Crippen molar-refractivity contribution in [3.8, 4) is 0 Å². The van der Waals surface area contributed by atoms with Crippen LogP contribution in [-0.4, -0.2) is 11.2 Å². The highest BCUT2D eigenvalue weighted by Gasteiger charge is 2.26. The Balaban J connectivity index is 1.89. The summed E-state index contributed by atoms with van der Waals surface area (Å²) in [6.45, 7) is 2.23. The molecule has 1 fully saturated rings. The van der Waals surface area contributed by atoms with Crippen LogP contribution >= 0.6 is 15.9 Å². The third kappa shape index (κ3) is 4.29. The number of aliphatic hydroxyl groups is 1. The zero-order valence-electron chi connectivity index (χ0n) is 12.1. The summed E-state index contributed by atoms with van der Waals surface area (Å²) in [6.07, 6.45) is 7.18. The second-order valence-electron chi connectivity index (χ2n) is 6.08. The van der Waals surface area contributed by atoms with Crippen molar-refractivity contribution in [2.24, 2.45) is 11.8 Å². The van der Waals surface area contributed by atoms with E-state index < -0.39 is 6.10 Å². The van der Waals surface area contributed by atoms with E-state index in [-0.39, 0.29) is 5.82 Å². The second kappa shape index (κ2) is 7.56. The van der Waals surface area contributed by atoms with Gasteiger partial charge in [-0.15, -0.1) is 0 Å². The summed E-state index contributed by atoms with van der Waals surface area (Å²) in [7, 11) is 0. The minimum absolute atomic E-state index is 0.216. The zero-order chi connectivity index (χ0) is 14.5. The Morgan fingerprint density at radius 3 is 2.65 bits per heavy atom. The van der Waals surface area contributed by atoms with Crippen LogP contribution in [0.4, 0.5) is 4.39 Å². The van der Waals surface area contributed by atoms with Crippen molar-refractivity contribution in [1.29, 1.82) is 0 Å². The lowest BCUT2D eigenvalue weighted by molar-refractivity contribution is 0.0721. The van der Waals surface area contributed by atoms with Crippen molar-refractivity contribution in [3.63, 3.8) is 0 Å². The minimum Gasteiger partial charge on any atom is -0.392 e. The summed E-state index contributed by atoms with van der Waals surface area (Å²) in [5, 5.41) is 10.4. The van der Waals surface area contributed by atoms with Crippen molar-refractivity contribution < 1.29 is 9.50 Å². The summed E-state index contributed by atoms with van der Waals surface area (Å²) in [4.78, 5) is 0. The van der Waals surface area contributed by atoms with E-state index in [1.54, 1.807) is 12.1 Å². The third-order valence-corrected chi connectivity index (χ3v) is 5.06. The van der Waals surface area contributed by atoms with Crippen molar-refractivity contribution in [2.45, 2.75) is 58.0 Å². The smallest absolute Gasteiger partial charge is 0.126 e. The Bertz CT molecular complexity index is 427. The molecule has 0 spiro atoms. The van der Waals surface area contributed by atoms with E-state index in [0.29, 0.717) is 17.9 Å². The van der Waals surface area contributed by atoms with E-state index in [1.165, 1.54) is 31.7 Å². The molecule has 0 amide bonds. The van der Waals surface area contributed by atoms with E-state index in [4.69, 9.17) is 0 Å². The molecule has 1 aromatic carbocycles. The van der Waals surface area contributed by atoms with Crippen LogP contribution in [0.5, 0.6) is 0 Å². The topological polar surface area (TPSA) is 20.2 Å². The van der Waals surface area contributed by atoms with Gasteiger partial charge in [0.15, 0.2) is 0 Å². The lowest BCUT2D eigenvalue weighted by atomic mass is 9.77. The van der Waals surface area contributed by atoms with Crippen LogP contribution in [0, 0.1) is 17.7 Å². The SMILES string of the molecule is CCCC1CCC(C(O)Cc2cc(Br)ccc2F)CC1. The molecule has 3 heteroatoms. The van der Waals surface area contributed by atoms with Gasteiger partial charge in [-0.1, -0.05) is 48.5 Å². The first-order chi connectivity index (χ1) is 9.60. The Hall–Kier alpha value is -0.410. The third-order valence-electron chi connectivity index (χ3n) is 4.57. The Morgan fingerprint density at radius 1 is 1.30 bits per heavy atom. The Morgan fingerprint density at radius 2 is 2.00 bits per heavy atom. The van der Waals surface area contributed by atoms with Gasteiger partial charge < -0.3 is 5.11 Å². The average molecular weight is 343 g/mol. The van der Waals surface area contributed by atoms with Gasteiger partial charge in [0.2, 0.25) is 0 Å². The molecule has 1 aliphatic rings. The fourth-order valence-electron chi connectivity index (χ4n) is 3.36. The molecule has 1 N–H and O–H groups in total. The van der Waals surface area contributed by atoms with E-state index in [1.807, 2.05) is 0 Å². The van der Waals surface area contributed by atoms with Gasteiger partial charge >= 0.3 is 0 Å². The van der Waals surface area contributed by atoms with Crippen LogP contribution in [-0.2, 0) is 6.42 Å². The fourth-order valence-corrected chi connectivity index (χ4v) is 3.77. The average Bonchev–Trinajstić information content (AvgIpc) is 2.44. The summed E-state index contributed by atoms with van der Waals surface area (Å²) in [5.74, 6) is 0.958. The lowest BCUT2D eigenvalue weighted by Crippen LogP contribution is -2.27. The molecular formula is C17H24BrFO. The summed E-state index contributed by atoms with van der Waals surface area (Å²) >= 11 is 3.36. The monoisotopic (exact) mass is 342 g/mol.